The first-order chi connectivity index (χ1) is 17.0. The van der Waals surface area contributed by atoms with Gasteiger partial charge in [-0.2, -0.15) is 0 Å². The standard InChI is InChI=1S/C28H26N2O4S/c1-2-34-26-17-15-20-9-6-7-13-24(20)27(26)28(31)29-22-16-14-21-10-8-18-30(25(21)19-22)35(32,33)23-11-4-3-5-12-23/h3-7,9,11-17,19H,2,8,10,18H2,1H3,(H,29,31). The van der Waals surface area contributed by atoms with Crippen LogP contribution in [-0.4, -0.2) is 27.5 Å². The third kappa shape index (κ3) is 4.35. The first-order valence-corrected chi connectivity index (χ1v) is 13.1. The molecule has 0 fully saturated rings. The Morgan fingerprint density at radius 3 is 2.54 bits per heavy atom. The highest BCUT2D eigenvalue weighted by atomic mass is 32.2. The minimum atomic E-state index is -3.72. The maximum atomic E-state index is 13.5. The fourth-order valence-electron chi connectivity index (χ4n) is 4.54. The molecule has 5 rings (SSSR count). The van der Waals surface area contributed by atoms with Crippen LogP contribution in [0.4, 0.5) is 11.4 Å². The average molecular weight is 487 g/mol. The number of sulfonamides is 1. The van der Waals surface area contributed by atoms with E-state index in [9.17, 15) is 13.2 Å². The van der Waals surface area contributed by atoms with Gasteiger partial charge in [0.1, 0.15) is 5.75 Å². The summed E-state index contributed by atoms with van der Waals surface area (Å²) in [6.07, 6.45) is 1.51. The molecule has 6 nitrogen and oxygen atoms in total. The van der Waals surface area contributed by atoms with Crippen molar-refractivity contribution in [2.24, 2.45) is 0 Å². The van der Waals surface area contributed by atoms with E-state index in [1.165, 1.54) is 4.31 Å². The number of carbonyl (C=O) groups excluding carboxylic acids is 1. The zero-order valence-corrected chi connectivity index (χ0v) is 20.2. The number of fused-ring (bicyclic) bond motifs is 2. The molecule has 0 saturated heterocycles. The van der Waals surface area contributed by atoms with Gasteiger partial charge in [0.05, 0.1) is 22.8 Å². The van der Waals surface area contributed by atoms with Crippen molar-refractivity contribution in [3.8, 4) is 5.75 Å². The lowest BCUT2D eigenvalue weighted by molar-refractivity contribution is 0.102. The maximum absolute atomic E-state index is 13.5. The Morgan fingerprint density at radius 1 is 0.971 bits per heavy atom. The molecule has 1 heterocycles. The van der Waals surface area contributed by atoms with E-state index < -0.39 is 10.0 Å². The monoisotopic (exact) mass is 486 g/mol. The van der Waals surface area contributed by atoms with Gasteiger partial charge >= 0.3 is 0 Å². The first kappa shape index (κ1) is 22.9. The number of nitrogens with zero attached hydrogens (tertiary/aromatic N) is 1. The van der Waals surface area contributed by atoms with E-state index in [0.717, 1.165) is 29.2 Å². The molecule has 0 atom stereocenters. The fraction of sp³-hybridized carbons (Fsp3) is 0.179. The molecule has 0 unspecified atom stereocenters. The van der Waals surface area contributed by atoms with Gasteiger partial charge in [-0.05, 0) is 66.4 Å². The number of carbonyl (C=O) groups is 1. The summed E-state index contributed by atoms with van der Waals surface area (Å²) in [7, 11) is -3.72. The molecule has 0 spiro atoms. The lowest BCUT2D eigenvalue weighted by Gasteiger charge is -2.31. The third-order valence-corrected chi connectivity index (χ3v) is 8.00. The Hall–Kier alpha value is -3.84. The number of hydrogen-bond donors (Lipinski definition) is 1. The predicted molar refractivity (Wildman–Crippen MR) is 139 cm³/mol. The van der Waals surface area contributed by atoms with Gasteiger partial charge in [-0.3, -0.25) is 9.10 Å². The molecule has 0 radical (unpaired) electrons. The number of hydrogen-bond acceptors (Lipinski definition) is 4. The number of benzene rings is 4. The van der Waals surface area contributed by atoms with Crippen LogP contribution in [0.3, 0.4) is 0 Å². The number of amides is 1. The highest BCUT2D eigenvalue weighted by molar-refractivity contribution is 7.92. The molecule has 7 heteroatoms. The fourth-order valence-corrected chi connectivity index (χ4v) is 6.10. The second-order valence-electron chi connectivity index (χ2n) is 8.38. The van der Waals surface area contributed by atoms with E-state index in [-0.39, 0.29) is 10.8 Å². The molecule has 4 aromatic carbocycles. The molecule has 1 N–H and O–H groups in total. The molecule has 4 aromatic rings. The minimum absolute atomic E-state index is 0.249. The molecular weight excluding hydrogens is 460 g/mol. The lowest BCUT2D eigenvalue weighted by atomic mass is 10.0. The highest BCUT2D eigenvalue weighted by Crippen LogP contribution is 2.35. The Morgan fingerprint density at radius 2 is 1.74 bits per heavy atom. The predicted octanol–water partition coefficient (Wildman–Crippen LogP) is 5.63. The number of nitrogens with one attached hydrogen (secondary N) is 1. The number of ether oxygens (including phenoxy) is 1. The van der Waals surface area contributed by atoms with Gasteiger partial charge in [0.2, 0.25) is 0 Å². The van der Waals surface area contributed by atoms with Crippen LogP contribution in [0.25, 0.3) is 10.8 Å². The van der Waals surface area contributed by atoms with E-state index in [1.54, 1.807) is 36.4 Å². The topological polar surface area (TPSA) is 75.7 Å². The van der Waals surface area contributed by atoms with Gasteiger partial charge in [-0.1, -0.05) is 54.6 Å². The number of rotatable bonds is 6. The van der Waals surface area contributed by atoms with Crippen molar-refractivity contribution in [1.82, 2.24) is 0 Å². The summed E-state index contributed by atoms with van der Waals surface area (Å²) in [4.78, 5) is 13.7. The average Bonchev–Trinajstić information content (AvgIpc) is 2.88. The van der Waals surface area contributed by atoms with E-state index in [0.29, 0.717) is 35.8 Å². The summed E-state index contributed by atoms with van der Waals surface area (Å²) < 4.78 is 34.0. The Kier molecular flexibility index (Phi) is 6.17. The lowest BCUT2D eigenvalue weighted by Crippen LogP contribution is -2.35. The van der Waals surface area contributed by atoms with Crippen LogP contribution in [0, 0.1) is 0 Å². The Balaban J connectivity index is 1.52. The van der Waals surface area contributed by atoms with Crippen molar-refractivity contribution in [1.29, 1.82) is 0 Å². The van der Waals surface area contributed by atoms with E-state index in [4.69, 9.17) is 4.74 Å². The van der Waals surface area contributed by atoms with E-state index in [1.807, 2.05) is 55.5 Å². The van der Waals surface area contributed by atoms with Gasteiger partial charge in [0.15, 0.2) is 0 Å². The van der Waals surface area contributed by atoms with Crippen molar-refractivity contribution in [2.75, 3.05) is 22.8 Å². The molecular formula is C28H26N2O4S. The second kappa shape index (κ2) is 9.43. The molecule has 1 aliphatic rings. The highest BCUT2D eigenvalue weighted by Gasteiger charge is 2.29. The third-order valence-electron chi connectivity index (χ3n) is 6.17. The molecule has 1 aliphatic heterocycles. The van der Waals surface area contributed by atoms with E-state index >= 15 is 0 Å². The minimum Gasteiger partial charge on any atom is -0.493 e. The molecule has 35 heavy (non-hydrogen) atoms. The van der Waals surface area contributed by atoms with E-state index in [2.05, 4.69) is 5.32 Å². The smallest absolute Gasteiger partial charge is 0.264 e. The van der Waals surface area contributed by atoms with Crippen molar-refractivity contribution >= 4 is 38.1 Å². The van der Waals surface area contributed by atoms with Crippen LogP contribution in [0.1, 0.15) is 29.3 Å². The second-order valence-corrected chi connectivity index (χ2v) is 10.2. The Labute approximate surface area is 205 Å². The zero-order chi connectivity index (χ0) is 24.4. The molecule has 178 valence electrons. The molecule has 0 saturated carbocycles. The van der Waals surface area contributed by atoms with Crippen LogP contribution < -0.4 is 14.4 Å². The number of anilines is 2. The summed E-state index contributed by atoms with van der Waals surface area (Å²) in [5.74, 6) is 0.202. The molecule has 0 aliphatic carbocycles. The van der Waals surface area contributed by atoms with Crippen molar-refractivity contribution < 1.29 is 17.9 Å². The molecule has 1 amide bonds. The summed E-state index contributed by atoms with van der Waals surface area (Å²) in [5.41, 5.74) is 2.52. The Bertz CT molecular complexity index is 1500. The van der Waals surface area contributed by atoms with Gasteiger partial charge in [-0.15, -0.1) is 0 Å². The SMILES string of the molecule is CCOc1ccc2ccccc2c1C(=O)Nc1ccc2c(c1)N(S(=O)(=O)c1ccccc1)CCC2. The van der Waals surface area contributed by atoms with Crippen LogP contribution in [0.2, 0.25) is 0 Å². The van der Waals surface area contributed by atoms with Gasteiger partial charge in [0, 0.05) is 12.2 Å². The van der Waals surface area contributed by atoms with Crippen molar-refractivity contribution in [3.63, 3.8) is 0 Å². The van der Waals surface area contributed by atoms with Crippen LogP contribution in [0.5, 0.6) is 5.75 Å². The summed E-state index contributed by atoms with van der Waals surface area (Å²) in [6, 6.07) is 25.3. The van der Waals surface area contributed by atoms with Crippen LogP contribution >= 0.6 is 0 Å². The molecule has 0 bridgehead atoms. The first-order valence-electron chi connectivity index (χ1n) is 11.7. The van der Waals surface area contributed by atoms with Gasteiger partial charge in [-0.25, -0.2) is 8.42 Å². The largest absolute Gasteiger partial charge is 0.493 e. The maximum Gasteiger partial charge on any atom is 0.264 e. The van der Waals surface area contributed by atoms with Gasteiger partial charge in [0.25, 0.3) is 15.9 Å². The van der Waals surface area contributed by atoms with Gasteiger partial charge < -0.3 is 10.1 Å². The molecule has 0 aromatic heterocycles. The zero-order valence-electron chi connectivity index (χ0n) is 19.4. The number of aryl methyl sites for hydroxylation is 1. The van der Waals surface area contributed by atoms with Crippen molar-refractivity contribution in [3.05, 3.63) is 96.1 Å². The van der Waals surface area contributed by atoms with Crippen LogP contribution in [-0.2, 0) is 16.4 Å². The normalized spacial score (nSPS) is 13.3. The van der Waals surface area contributed by atoms with Crippen molar-refractivity contribution in [2.45, 2.75) is 24.7 Å². The summed E-state index contributed by atoms with van der Waals surface area (Å²) in [6.45, 7) is 2.70. The quantitative estimate of drug-likeness (QED) is 0.383. The van der Waals surface area contributed by atoms with Crippen LogP contribution in [0.15, 0.2) is 89.8 Å². The summed E-state index contributed by atoms with van der Waals surface area (Å²) in [5, 5.41) is 4.70. The summed E-state index contributed by atoms with van der Waals surface area (Å²) >= 11 is 0.